The van der Waals surface area contributed by atoms with Crippen molar-refractivity contribution in [3.05, 3.63) is 15.6 Å². The van der Waals surface area contributed by atoms with Crippen LogP contribution in [-0.4, -0.2) is 19.1 Å². The second-order valence-corrected chi connectivity index (χ2v) is 7.12. The fourth-order valence-electron chi connectivity index (χ4n) is 2.02. The van der Waals surface area contributed by atoms with E-state index >= 15 is 0 Å². The molecule has 0 amide bonds. The number of nitrogens with one attached hydrogen (secondary N) is 1. The largest absolute Gasteiger partial charge is 0.374 e. The van der Waals surface area contributed by atoms with Gasteiger partial charge < -0.3 is 10.1 Å². The van der Waals surface area contributed by atoms with Crippen LogP contribution in [0.25, 0.3) is 0 Å². The van der Waals surface area contributed by atoms with Gasteiger partial charge >= 0.3 is 0 Å². The third kappa shape index (κ3) is 3.53. The summed E-state index contributed by atoms with van der Waals surface area (Å²) in [5.74, 6) is 0.441. The number of rotatable bonds is 5. The van der Waals surface area contributed by atoms with E-state index in [9.17, 15) is 0 Å². The van der Waals surface area contributed by atoms with E-state index < -0.39 is 0 Å². The van der Waals surface area contributed by atoms with E-state index in [-0.39, 0.29) is 11.5 Å². The molecule has 104 valence electrons. The quantitative estimate of drug-likeness (QED) is 0.889. The molecule has 1 unspecified atom stereocenters. The minimum absolute atomic E-state index is 0.0796. The van der Waals surface area contributed by atoms with Gasteiger partial charge in [0.2, 0.25) is 0 Å². The van der Waals surface area contributed by atoms with Gasteiger partial charge in [0.25, 0.3) is 0 Å². The molecular weight excluding hydrogens is 244 g/mol. The first-order valence-corrected chi connectivity index (χ1v) is 7.30. The summed E-state index contributed by atoms with van der Waals surface area (Å²) in [6, 6.07) is 0. The zero-order valence-corrected chi connectivity index (χ0v) is 13.4. The lowest BCUT2D eigenvalue weighted by molar-refractivity contribution is 0.0642. The molecule has 0 saturated carbocycles. The highest BCUT2D eigenvalue weighted by atomic mass is 32.1. The molecule has 0 aliphatic heterocycles. The first-order valence-electron chi connectivity index (χ1n) is 6.48. The van der Waals surface area contributed by atoms with Crippen molar-refractivity contribution in [2.75, 3.05) is 14.2 Å². The molecule has 0 spiro atoms. The Hall–Kier alpha value is -0.450. The predicted molar refractivity (Wildman–Crippen MR) is 78.2 cm³/mol. The molecule has 0 aliphatic carbocycles. The van der Waals surface area contributed by atoms with E-state index in [0.29, 0.717) is 5.92 Å². The highest BCUT2D eigenvalue weighted by Crippen LogP contribution is 2.35. The Balaban J connectivity index is 3.16. The van der Waals surface area contributed by atoms with Gasteiger partial charge in [-0.05, 0) is 13.0 Å². The van der Waals surface area contributed by atoms with E-state index in [1.54, 1.807) is 18.4 Å². The topological polar surface area (TPSA) is 34.1 Å². The van der Waals surface area contributed by atoms with E-state index in [0.717, 1.165) is 11.6 Å². The Kier molecular flexibility index (Phi) is 5.32. The molecule has 1 heterocycles. The summed E-state index contributed by atoms with van der Waals surface area (Å²) in [4.78, 5) is 6.17. The second-order valence-electron chi connectivity index (χ2n) is 6.00. The zero-order chi connectivity index (χ0) is 13.9. The maximum Gasteiger partial charge on any atom is 0.122 e. The number of thiazole rings is 1. The van der Waals surface area contributed by atoms with Crippen LogP contribution in [0.1, 0.15) is 56.3 Å². The van der Waals surface area contributed by atoms with Crippen LogP contribution < -0.4 is 5.32 Å². The van der Waals surface area contributed by atoms with E-state index in [1.165, 1.54) is 10.6 Å². The van der Waals surface area contributed by atoms with Crippen molar-refractivity contribution in [2.45, 2.75) is 52.7 Å². The standard InChI is InChI=1S/C14H26N2OS/c1-9(2)11(17-7)13-16-12(14(3,4)5)10(18-13)8-15-6/h9,11,15H,8H2,1-7H3. The molecule has 0 bridgehead atoms. The molecule has 4 heteroatoms. The predicted octanol–water partition coefficient (Wildman–Crippen LogP) is 3.50. The van der Waals surface area contributed by atoms with E-state index in [2.05, 4.69) is 39.9 Å². The Bertz CT molecular complexity index is 380. The van der Waals surface area contributed by atoms with Crippen LogP contribution in [0.2, 0.25) is 0 Å². The third-order valence-electron chi connectivity index (χ3n) is 2.86. The van der Waals surface area contributed by atoms with Gasteiger partial charge in [-0.15, -0.1) is 11.3 Å². The van der Waals surface area contributed by atoms with Gasteiger partial charge in [0.1, 0.15) is 11.1 Å². The average molecular weight is 270 g/mol. The molecule has 1 aromatic rings. The summed E-state index contributed by atoms with van der Waals surface area (Å²) >= 11 is 1.77. The van der Waals surface area contributed by atoms with Crippen molar-refractivity contribution in [1.82, 2.24) is 10.3 Å². The summed E-state index contributed by atoms with van der Waals surface area (Å²) in [7, 11) is 3.74. The molecule has 0 aromatic carbocycles. The van der Waals surface area contributed by atoms with Gasteiger partial charge in [-0.25, -0.2) is 4.98 Å². The molecule has 0 aliphatic rings. The number of hydrogen-bond acceptors (Lipinski definition) is 4. The number of hydrogen-bond donors (Lipinski definition) is 1. The Morgan fingerprint density at radius 1 is 1.33 bits per heavy atom. The summed E-state index contributed by atoms with van der Waals surface area (Å²) in [5, 5.41) is 4.33. The number of ether oxygens (including phenoxy) is 1. The first-order chi connectivity index (χ1) is 8.31. The van der Waals surface area contributed by atoms with Crippen LogP contribution in [0.5, 0.6) is 0 Å². The van der Waals surface area contributed by atoms with Gasteiger partial charge in [0.15, 0.2) is 0 Å². The van der Waals surface area contributed by atoms with Gasteiger partial charge in [-0.2, -0.15) is 0 Å². The average Bonchev–Trinajstić information content (AvgIpc) is 2.62. The Morgan fingerprint density at radius 3 is 2.33 bits per heavy atom. The van der Waals surface area contributed by atoms with Crippen LogP contribution in [0.3, 0.4) is 0 Å². The third-order valence-corrected chi connectivity index (χ3v) is 3.98. The Labute approximate surface area is 115 Å². The van der Waals surface area contributed by atoms with Gasteiger partial charge in [0.05, 0.1) is 5.69 Å². The summed E-state index contributed by atoms with van der Waals surface area (Å²) in [6.45, 7) is 11.8. The maximum absolute atomic E-state index is 5.58. The van der Waals surface area contributed by atoms with Crippen molar-refractivity contribution in [3.63, 3.8) is 0 Å². The first kappa shape index (κ1) is 15.6. The van der Waals surface area contributed by atoms with E-state index in [4.69, 9.17) is 9.72 Å². The minimum atomic E-state index is 0.0796. The molecule has 0 radical (unpaired) electrons. The summed E-state index contributed by atoms with van der Waals surface area (Å²) in [5.41, 5.74) is 1.27. The monoisotopic (exact) mass is 270 g/mol. The molecule has 18 heavy (non-hydrogen) atoms. The van der Waals surface area contributed by atoms with Crippen LogP contribution in [0, 0.1) is 5.92 Å². The van der Waals surface area contributed by atoms with Crippen molar-refractivity contribution in [3.8, 4) is 0 Å². The van der Waals surface area contributed by atoms with Gasteiger partial charge in [0, 0.05) is 23.9 Å². The van der Waals surface area contributed by atoms with Crippen LogP contribution in [0.4, 0.5) is 0 Å². The van der Waals surface area contributed by atoms with Crippen LogP contribution in [0.15, 0.2) is 0 Å². The minimum Gasteiger partial charge on any atom is -0.374 e. The smallest absolute Gasteiger partial charge is 0.122 e. The molecule has 0 saturated heterocycles. The van der Waals surface area contributed by atoms with Crippen LogP contribution in [-0.2, 0) is 16.7 Å². The number of aromatic nitrogens is 1. The van der Waals surface area contributed by atoms with Crippen LogP contribution >= 0.6 is 11.3 Å². The maximum atomic E-state index is 5.58. The highest BCUT2D eigenvalue weighted by molar-refractivity contribution is 7.11. The van der Waals surface area contributed by atoms with Crippen molar-refractivity contribution >= 4 is 11.3 Å². The van der Waals surface area contributed by atoms with Crippen molar-refractivity contribution in [2.24, 2.45) is 5.92 Å². The lowest BCUT2D eigenvalue weighted by atomic mass is 9.91. The SMILES string of the molecule is CNCc1sc(C(OC)C(C)C)nc1C(C)(C)C. The highest BCUT2D eigenvalue weighted by Gasteiger charge is 2.26. The molecule has 1 rings (SSSR count). The van der Waals surface area contributed by atoms with E-state index in [1.807, 2.05) is 7.05 Å². The summed E-state index contributed by atoms with van der Waals surface area (Å²) < 4.78 is 5.58. The van der Waals surface area contributed by atoms with Gasteiger partial charge in [-0.3, -0.25) is 0 Å². The lowest BCUT2D eigenvalue weighted by Gasteiger charge is -2.18. The lowest BCUT2D eigenvalue weighted by Crippen LogP contribution is -2.17. The zero-order valence-electron chi connectivity index (χ0n) is 12.6. The molecule has 0 fully saturated rings. The molecule has 3 nitrogen and oxygen atoms in total. The second kappa shape index (κ2) is 6.13. The summed E-state index contributed by atoms with van der Waals surface area (Å²) in [6.07, 6.45) is 0.0988. The van der Waals surface area contributed by atoms with Crippen molar-refractivity contribution < 1.29 is 4.74 Å². The number of nitrogens with zero attached hydrogens (tertiary/aromatic N) is 1. The molecule has 1 atom stereocenters. The Morgan fingerprint density at radius 2 is 1.94 bits per heavy atom. The fourth-order valence-corrected chi connectivity index (χ4v) is 3.56. The fraction of sp³-hybridized carbons (Fsp3) is 0.786. The molecule has 1 aromatic heterocycles. The van der Waals surface area contributed by atoms with Gasteiger partial charge in [-0.1, -0.05) is 34.6 Å². The molecule has 1 N–H and O–H groups in total. The van der Waals surface area contributed by atoms with Crippen molar-refractivity contribution in [1.29, 1.82) is 0 Å². The normalized spacial score (nSPS) is 14.2. The molecular formula is C14H26N2OS. The number of methoxy groups -OCH3 is 1.